The summed E-state index contributed by atoms with van der Waals surface area (Å²) in [7, 11) is 0. The summed E-state index contributed by atoms with van der Waals surface area (Å²) in [5.74, 6) is 0.791. The molecule has 0 bridgehead atoms. The first-order valence-corrected chi connectivity index (χ1v) is 11.7. The summed E-state index contributed by atoms with van der Waals surface area (Å²) < 4.78 is 3.14. The minimum atomic E-state index is -0.134. The molecule has 1 aromatic carbocycles. The molecule has 2 atom stereocenters. The third-order valence-electron chi connectivity index (χ3n) is 5.56. The van der Waals surface area contributed by atoms with Crippen LogP contribution in [-0.2, 0) is 0 Å². The average Bonchev–Trinajstić information content (AvgIpc) is 3.41. The minimum Gasteiger partial charge on any atom is -0.351 e. The van der Waals surface area contributed by atoms with Gasteiger partial charge in [0.2, 0.25) is 0 Å². The summed E-state index contributed by atoms with van der Waals surface area (Å²) in [6, 6.07) is 19.8. The molecule has 0 aliphatic carbocycles. The maximum Gasteiger partial charge on any atom is 0.174 e. The molecule has 4 heterocycles. The number of anilines is 1. The third-order valence-corrected chi connectivity index (χ3v) is 6.99. The normalized spacial score (nSPS) is 18.1. The monoisotopic (exact) mass is 523 g/mol. The van der Waals surface area contributed by atoms with Crippen LogP contribution in [0.3, 0.4) is 0 Å². The van der Waals surface area contributed by atoms with Crippen LogP contribution in [0.1, 0.15) is 29.0 Å². The van der Waals surface area contributed by atoms with Crippen molar-refractivity contribution in [3.8, 4) is 5.82 Å². The molecule has 1 saturated heterocycles. The van der Waals surface area contributed by atoms with Crippen molar-refractivity contribution in [2.24, 2.45) is 0 Å². The van der Waals surface area contributed by atoms with Crippen LogP contribution in [0, 0.1) is 6.92 Å². The number of rotatable bonds is 4. The van der Waals surface area contributed by atoms with Crippen LogP contribution < -0.4 is 10.2 Å². The van der Waals surface area contributed by atoms with Crippen molar-refractivity contribution in [2.75, 3.05) is 4.90 Å². The highest BCUT2D eigenvalue weighted by Crippen LogP contribution is 2.42. The largest absolute Gasteiger partial charge is 0.351 e. The number of hydrogen-bond acceptors (Lipinski definition) is 3. The molecule has 1 aliphatic rings. The average molecular weight is 525 g/mol. The van der Waals surface area contributed by atoms with E-state index in [0.717, 1.165) is 32.9 Å². The summed E-state index contributed by atoms with van der Waals surface area (Å²) >= 11 is 15.5. The maximum absolute atomic E-state index is 6.07. The SMILES string of the molecule is Cc1cc(N2C(=S)NC(c3ccccn3)C2c2cccn2-c2ccc(Cl)cn2)ccc1Br. The Morgan fingerprint density at radius 1 is 1.06 bits per heavy atom. The number of halogens is 2. The quantitative estimate of drug-likeness (QED) is 0.324. The zero-order valence-corrected chi connectivity index (χ0v) is 20.3. The number of pyridine rings is 2. The van der Waals surface area contributed by atoms with E-state index in [0.29, 0.717) is 10.1 Å². The minimum absolute atomic E-state index is 0.131. The summed E-state index contributed by atoms with van der Waals surface area (Å²) in [5, 5.41) is 4.77. The van der Waals surface area contributed by atoms with Gasteiger partial charge in [0, 0.05) is 34.4 Å². The molecular formula is C24H19BrClN5S. The topological polar surface area (TPSA) is 46.0 Å². The van der Waals surface area contributed by atoms with Gasteiger partial charge in [-0.15, -0.1) is 0 Å². The first kappa shape index (κ1) is 21.1. The molecule has 3 aromatic heterocycles. The summed E-state index contributed by atoms with van der Waals surface area (Å²) in [6.45, 7) is 2.08. The fourth-order valence-corrected chi connectivity index (χ4v) is 4.77. The molecule has 1 aliphatic heterocycles. The van der Waals surface area contributed by atoms with Gasteiger partial charge in [-0.25, -0.2) is 4.98 Å². The maximum atomic E-state index is 6.07. The standard InChI is InChI=1S/C24H19BrClN5S/c1-15-13-17(8-9-18(15)25)31-23(22(29-24(31)32)19-5-2-3-11-27-19)20-6-4-12-30(20)21-10-7-16(26)14-28-21/h2-14,22-23H,1H3,(H,29,32). The smallest absolute Gasteiger partial charge is 0.174 e. The Morgan fingerprint density at radius 2 is 1.94 bits per heavy atom. The lowest BCUT2D eigenvalue weighted by Crippen LogP contribution is -2.30. The van der Waals surface area contributed by atoms with E-state index in [1.54, 1.807) is 6.20 Å². The lowest BCUT2D eigenvalue weighted by atomic mass is 10.0. The van der Waals surface area contributed by atoms with Crippen LogP contribution in [0.2, 0.25) is 5.02 Å². The zero-order chi connectivity index (χ0) is 22.2. The summed E-state index contributed by atoms with van der Waals surface area (Å²) in [5.41, 5.74) is 4.12. The molecule has 4 aromatic rings. The lowest BCUT2D eigenvalue weighted by Gasteiger charge is -2.29. The molecule has 0 amide bonds. The van der Waals surface area contributed by atoms with Gasteiger partial charge >= 0.3 is 0 Å². The van der Waals surface area contributed by atoms with Crippen molar-refractivity contribution >= 4 is 50.5 Å². The van der Waals surface area contributed by atoms with Crippen molar-refractivity contribution in [1.29, 1.82) is 0 Å². The van der Waals surface area contributed by atoms with Crippen LogP contribution in [-0.4, -0.2) is 19.6 Å². The van der Waals surface area contributed by atoms with E-state index in [4.69, 9.17) is 23.8 Å². The Morgan fingerprint density at radius 3 is 2.66 bits per heavy atom. The molecule has 0 spiro atoms. The fraction of sp³-hybridized carbons (Fsp3) is 0.125. The molecule has 1 N–H and O–H groups in total. The van der Waals surface area contributed by atoms with Crippen LogP contribution in [0.5, 0.6) is 0 Å². The second kappa shape index (κ2) is 8.65. The van der Waals surface area contributed by atoms with Crippen molar-refractivity contribution in [1.82, 2.24) is 19.9 Å². The lowest BCUT2D eigenvalue weighted by molar-refractivity contribution is 0.548. The Hall–Kier alpha value is -2.74. The summed E-state index contributed by atoms with van der Waals surface area (Å²) in [4.78, 5) is 11.3. The number of aryl methyl sites for hydroxylation is 1. The van der Waals surface area contributed by atoms with E-state index < -0.39 is 0 Å². The van der Waals surface area contributed by atoms with E-state index in [2.05, 4.69) is 71.9 Å². The Kier molecular flexibility index (Phi) is 5.71. The van der Waals surface area contributed by atoms with Gasteiger partial charge in [0.15, 0.2) is 5.11 Å². The van der Waals surface area contributed by atoms with Gasteiger partial charge in [-0.3, -0.25) is 4.98 Å². The van der Waals surface area contributed by atoms with Gasteiger partial charge in [-0.2, -0.15) is 0 Å². The molecule has 8 heteroatoms. The van der Waals surface area contributed by atoms with Crippen LogP contribution in [0.25, 0.3) is 5.82 Å². The van der Waals surface area contributed by atoms with Gasteiger partial charge < -0.3 is 14.8 Å². The molecule has 1 fully saturated rings. The second-order valence-corrected chi connectivity index (χ2v) is 9.25. The summed E-state index contributed by atoms with van der Waals surface area (Å²) in [6.07, 6.45) is 5.47. The first-order chi connectivity index (χ1) is 15.5. The molecule has 0 saturated carbocycles. The van der Waals surface area contributed by atoms with Gasteiger partial charge in [0.25, 0.3) is 0 Å². The van der Waals surface area contributed by atoms with E-state index in [-0.39, 0.29) is 12.1 Å². The third kappa shape index (κ3) is 3.81. The highest BCUT2D eigenvalue weighted by atomic mass is 79.9. The van der Waals surface area contributed by atoms with Gasteiger partial charge in [0.1, 0.15) is 11.9 Å². The number of nitrogens with one attached hydrogen (secondary N) is 1. The highest BCUT2D eigenvalue weighted by molar-refractivity contribution is 9.10. The molecule has 32 heavy (non-hydrogen) atoms. The predicted molar refractivity (Wildman–Crippen MR) is 135 cm³/mol. The predicted octanol–water partition coefficient (Wildman–Crippen LogP) is 6.17. The van der Waals surface area contributed by atoms with Crippen molar-refractivity contribution < 1.29 is 0 Å². The molecule has 5 nitrogen and oxygen atoms in total. The first-order valence-electron chi connectivity index (χ1n) is 10.1. The number of benzene rings is 1. The Balaban J connectivity index is 1.67. The Labute approximate surface area is 205 Å². The van der Waals surface area contributed by atoms with Gasteiger partial charge in [-0.1, -0.05) is 33.6 Å². The van der Waals surface area contributed by atoms with Gasteiger partial charge in [-0.05, 0) is 79.3 Å². The number of hydrogen-bond donors (Lipinski definition) is 1. The zero-order valence-electron chi connectivity index (χ0n) is 17.1. The van der Waals surface area contributed by atoms with E-state index in [1.165, 1.54) is 0 Å². The molecule has 0 radical (unpaired) electrons. The van der Waals surface area contributed by atoms with E-state index >= 15 is 0 Å². The van der Waals surface area contributed by atoms with Crippen LogP contribution in [0.15, 0.2) is 83.7 Å². The number of aromatic nitrogens is 3. The molecule has 5 rings (SSSR count). The fourth-order valence-electron chi connectivity index (χ4n) is 4.07. The number of nitrogens with zero attached hydrogens (tertiary/aromatic N) is 4. The van der Waals surface area contributed by atoms with Crippen LogP contribution >= 0.6 is 39.7 Å². The molecule has 2 unspecified atom stereocenters. The van der Waals surface area contributed by atoms with Crippen molar-refractivity contribution in [2.45, 2.75) is 19.0 Å². The van der Waals surface area contributed by atoms with Crippen molar-refractivity contribution in [3.05, 3.63) is 106 Å². The van der Waals surface area contributed by atoms with E-state index in [1.807, 2.05) is 48.8 Å². The molecule has 160 valence electrons. The highest BCUT2D eigenvalue weighted by Gasteiger charge is 2.42. The van der Waals surface area contributed by atoms with Gasteiger partial charge in [0.05, 0.1) is 16.8 Å². The van der Waals surface area contributed by atoms with Crippen LogP contribution in [0.4, 0.5) is 5.69 Å². The second-order valence-electron chi connectivity index (χ2n) is 7.57. The molecular weight excluding hydrogens is 506 g/mol. The Bertz CT molecular complexity index is 1280. The van der Waals surface area contributed by atoms with E-state index in [9.17, 15) is 0 Å². The van der Waals surface area contributed by atoms with Crippen molar-refractivity contribution in [3.63, 3.8) is 0 Å². The number of thiocarbonyl (C=S) groups is 1.